The van der Waals surface area contributed by atoms with E-state index in [0.29, 0.717) is 0 Å². The number of aromatic nitrogens is 3. The predicted molar refractivity (Wildman–Crippen MR) is 87.5 cm³/mol. The Morgan fingerprint density at radius 1 is 1.19 bits per heavy atom. The lowest BCUT2D eigenvalue weighted by Crippen LogP contribution is -2.43. The third-order valence-electron chi connectivity index (χ3n) is 4.28. The average molecular weight is 293 g/mol. The summed E-state index contributed by atoms with van der Waals surface area (Å²) in [7, 11) is 0. The van der Waals surface area contributed by atoms with Gasteiger partial charge in [0.05, 0.1) is 0 Å². The Morgan fingerprint density at radius 3 is 2.71 bits per heavy atom. The van der Waals surface area contributed by atoms with E-state index < -0.39 is 0 Å². The number of unbranched alkanes of at least 4 members (excludes halogenated alkanes) is 6. The van der Waals surface area contributed by atoms with Crippen LogP contribution in [0.3, 0.4) is 0 Å². The summed E-state index contributed by atoms with van der Waals surface area (Å²) >= 11 is 0. The third-order valence-corrected chi connectivity index (χ3v) is 4.28. The zero-order valence-electron chi connectivity index (χ0n) is 13.5. The highest BCUT2D eigenvalue weighted by Gasteiger charge is 2.19. The number of aryl methyl sites for hydroxylation is 1. The molecular weight excluding hydrogens is 262 g/mol. The van der Waals surface area contributed by atoms with Crippen LogP contribution in [0, 0.1) is 0 Å². The van der Waals surface area contributed by atoms with Crippen molar-refractivity contribution in [1.29, 1.82) is 0 Å². The van der Waals surface area contributed by atoms with E-state index >= 15 is 0 Å². The molecule has 21 heavy (non-hydrogen) atoms. The van der Waals surface area contributed by atoms with Crippen molar-refractivity contribution in [2.45, 2.75) is 77.2 Å². The number of rotatable bonds is 9. The molecule has 1 aliphatic heterocycles. The van der Waals surface area contributed by atoms with Gasteiger partial charge in [-0.1, -0.05) is 45.4 Å². The van der Waals surface area contributed by atoms with E-state index in [1.807, 2.05) is 0 Å². The summed E-state index contributed by atoms with van der Waals surface area (Å²) < 4.78 is 0. The topological polar surface area (TPSA) is 70.8 Å². The Morgan fingerprint density at radius 2 is 1.95 bits per heavy atom. The molecule has 1 aromatic heterocycles. The van der Waals surface area contributed by atoms with Gasteiger partial charge in [0, 0.05) is 25.6 Å². The first-order valence-electron chi connectivity index (χ1n) is 8.71. The minimum absolute atomic E-state index is 0.267. The van der Waals surface area contributed by atoms with Crippen molar-refractivity contribution < 1.29 is 0 Å². The van der Waals surface area contributed by atoms with Gasteiger partial charge in [-0.25, -0.2) is 0 Å². The van der Waals surface area contributed by atoms with Gasteiger partial charge in [-0.15, -0.1) is 5.10 Å². The summed E-state index contributed by atoms with van der Waals surface area (Å²) in [5.41, 5.74) is 6.01. The molecule has 2 rings (SSSR count). The zero-order chi connectivity index (χ0) is 14.9. The molecular formula is C16H31N5. The van der Waals surface area contributed by atoms with Crippen LogP contribution in [0.1, 0.15) is 70.5 Å². The largest absolute Gasteiger partial charge is 0.338 e. The van der Waals surface area contributed by atoms with Gasteiger partial charge in [0.15, 0.2) is 0 Å². The normalized spacial score (nSPS) is 19.1. The lowest BCUT2D eigenvalue weighted by Gasteiger charge is -2.29. The van der Waals surface area contributed by atoms with Crippen LogP contribution in [0.15, 0.2) is 0 Å². The second-order valence-corrected chi connectivity index (χ2v) is 6.30. The Hall–Kier alpha value is -1.10. The monoisotopic (exact) mass is 293 g/mol. The molecule has 0 radical (unpaired) electrons. The summed E-state index contributed by atoms with van der Waals surface area (Å²) in [6.45, 7) is 4.17. The lowest BCUT2D eigenvalue weighted by molar-refractivity contribution is 0.500. The molecule has 0 aromatic carbocycles. The zero-order valence-corrected chi connectivity index (χ0v) is 13.5. The highest BCUT2D eigenvalue weighted by Crippen LogP contribution is 2.15. The second kappa shape index (κ2) is 9.03. The van der Waals surface area contributed by atoms with Crippen molar-refractivity contribution in [3.8, 4) is 0 Å². The summed E-state index contributed by atoms with van der Waals surface area (Å²) in [4.78, 5) is 6.83. The fourth-order valence-corrected chi connectivity index (χ4v) is 2.98. The average Bonchev–Trinajstić information content (AvgIpc) is 2.95. The molecule has 0 spiro atoms. The van der Waals surface area contributed by atoms with Gasteiger partial charge in [-0.05, 0) is 19.3 Å². The molecule has 1 aromatic rings. The molecule has 3 N–H and O–H groups in total. The molecule has 1 unspecified atom stereocenters. The van der Waals surface area contributed by atoms with Crippen molar-refractivity contribution in [2.75, 3.05) is 18.0 Å². The molecule has 120 valence electrons. The number of H-pyrrole nitrogens is 1. The number of nitrogens with two attached hydrogens (primary N) is 1. The standard InChI is InChI=1S/C16H31N5/c1-2-3-4-5-6-7-8-11-15-18-16(20-19-15)21-12-9-10-14(17)13-21/h14H,2-13,17H2,1H3,(H,18,19,20). The summed E-state index contributed by atoms with van der Waals surface area (Å²) in [5, 5.41) is 7.43. The van der Waals surface area contributed by atoms with E-state index in [4.69, 9.17) is 5.73 Å². The Kier molecular flexibility index (Phi) is 7.00. The first kappa shape index (κ1) is 16.3. The summed E-state index contributed by atoms with van der Waals surface area (Å²) in [5.74, 6) is 1.86. The van der Waals surface area contributed by atoms with Gasteiger partial charge < -0.3 is 10.6 Å². The second-order valence-electron chi connectivity index (χ2n) is 6.30. The molecule has 2 heterocycles. The molecule has 1 atom stereocenters. The van der Waals surface area contributed by atoms with E-state index in [2.05, 4.69) is 27.0 Å². The number of hydrogen-bond acceptors (Lipinski definition) is 4. The third kappa shape index (κ3) is 5.65. The number of piperidine rings is 1. The lowest BCUT2D eigenvalue weighted by atomic mass is 10.1. The highest BCUT2D eigenvalue weighted by molar-refractivity contribution is 5.29. The minimum Gasteiger partial charge on any atom is -0.338 e. The highest BCUT2D eigenvalue weighted by atomic mass is 15.4. The van der Waals surface area contributed by atoms with Crippen LogP contribution in [-0.2, 0) is 6.42 Å². The van der Waals surface area contributed by atoms with Crippen LogP contribution < -0.4 is 10.6 Å². The van der Waals surface area contributed by atoms with Gasteiger partial charge in [-0.3, -0.25) is 5.10 Å². The Balaban J connectivity index is 1.64. The SMILES string of the molecule is CCCCCCCCCc1nc(N2CCCC(N)C2)n[nH]1. The van der Waals surface area contributed by atoms with Gasteiger partial charge in [-0.2, -0.15) is 4.98 Å². The molecule has 0 amide bonds. The molecule has 5 heteroatoms. The fraction of sp³-hybridized carbons (Fsp3) is 0.875. The van der Waals surface area contributed by atoms with E-state index in [1.165, 1.54) is 44.9 Å². The van der Waals surface area contributed by atoms with Crippen LogP contribution in [0.5, 0.6) is 0 Å². The molecule has 5 nitrogen and oxygen atoms in total. The van der Waals surface area contributed by atoms with Crippen LogP contribution in [0.25, 0.3) is 0 Å². The van der Waals surface area contributed by atoms with Crippen LogP contribution in [0.2, 0.25) is 0 Å². The number of nitrogens with zero attached hydrogens (tertiary/aromatic N) is 3. The molecule has 0 bridgehead atoms. The maximum absolute atomic E-state index is 6.01. The van der Waals surface area contributed by atoms with Crippen LogP contribution in [-0.4, -0.2) is 34.3 Å². The van der Waals surface area contributed by atoms with Crippen molar-refractivity contribution in [1.82, 2.24) is 15.2 Å². The first-order valence-corrected chi connectivity index (χ1v) is 8.71. The van der Waals surface area contributed by atoms with E-state index in [-0.39, 0.29) is 6.04 Å². The Labute approximate surface area is 128 Å². The number of hydrogen-bond donors (Lipinski definition) is 2. The molecule has 1 aliphatic rings. The Bertz CT molecular complexity index is 390. The van der Waals surface area contributed by atoms with Gasteiger partial charge in [0.2, 0.25) is 5.95 Å². The van der Waals surface area contributed by atoms with E-state index in [0.717, 1.165) is 44.1 Å². The van der Waals surface area contributed by atoms with Crippen molar-refractivity contribution in [2.24, 2.45) is 5.73 Å². The van der Waals surface area contributed by atoms with Crippen LogP contribution >= 0.6 is 0 Å². The maximum Gasteiger partial charge on any atom is 0.244 e. The van der Waals surface area contributed by atoms with Crippen molar-refractivity contribution in [3.63, 3.8) is 0 Å². The quantitative estimate of drug-likeness (QED) is 0.687. The molecule has 0 aliphatic carbocycles. The van der Waals surface area contributed by atoms with Gasteiger partial charge in [0.25, 0.3) is 0 Å². The smallest absolute Gasteiger partial charge is 0.244 e. The van der Waals surface area contributed by atoms with Crippen molar-refractivity contribution >= 4 is 5.95 Å². The van der Waals surface area contributed by atoms with E-state index in [1.54, 1.807) is 0 Å². The van der Waals surface area contributed by atoms with Gasteiger partial charge >= 0.3 is 0 Å². The van der Waals surface area contributed by atoms with Crippen LogP contribution in [0.4, 0.5) is 5.95 Å². The maximum atomic E-state index is 6.01. The number of nitrogens with one attached hydrogen (secondary N) is 1. The number of aromatic amines is 1. The number of anilines is 1. The molecule has 1 saturated heterocycles. The first-order chi connectivity index (χ1) is 10.3. The summed E-state index contributed by atoms with van der Waals surface area (Å²) in [6, 6.07) is 0.267. The van der Waals surface area contributed by atoms with Gasteiger partial charge in [0.1, 0.15) is 5.82 Å². The summed E-state index contributed by atoms with van der Waals surface area (Å²) in [6.07, 6.45) is 12.6. The predicted octanol–water partition coefficient (Wildman–Crippen LogP) is 3.03. The fourth-order valence-electron chi connectivity index (χ4n) is 2.98. The molecule has 0 saturated carbocycles. The molecule has 1 fully saturated rings. The minimum atomic E-state index is 0.267. The van der Waals surface area contributed by atoms with E-state index in [9.17, 15) is 0 Å². The van der Waals surface area contributed by atoms with Crippen molar-refractivity contribution in [3.05, 3.63) is 5.82 Å².